The number of hydrogen-bond donors (Lipinski definition) is 2. The van der Waals surface area contributed by atoms with Crippen molar-refractivity contribution in [1.29, 1.82) is 0 Å². The highest BCUT2D eigenvalue weighted by Gasteiger charge is 2.35. The number of alkyl halides is 3. The molecule has 1 heterocycles. The maximum Gasteiger partial charge on any atom is 0.416 e. The van der Waals surface area contributed by atoms with Crippen LogP contribution in [0.15, 0.2) is 60.7 Å². The zero-order valence-corrected chi connectivity index (χ0v) is 15.0. The van der Waals surface area contributed by atoms with Gasteiger partial charge in [-0.25, -0.2) is 9.59 Å². The fraction of sp³-hybridized carbons (Fsp3) is 0.0476. The smallest absolute Gasteiger partial charge is 0.416 e. The summed E-state index contributed by atoms with van der Waals surface area (Å²) in [7, 11) is 0. The SMILES string of the molecule is O=C(O)c1cccc2c1Oc1c(C(=O)O)cccc1N2c1cccc(C(F)(F)F)c1. The first kappa shape index (κ1) is 19.3. The van der Waals surface area contributed by atoms with Gasteiger partial charge in [-0.3, -0.25) is 0 Å². The van der Waals surface area contributed by atoms with Crippen molar-refractivity contribution in [3.8, 4) is 11.5 Å². The fourth-order valence-corrected chi connectivity index (χ4v) is 3.28. The van der Waals surface area contributed by atoms with Crippen molar-refractivity contribution >= 4 is 29.0 Å². The molecule has 152 valence electrons. The molecule has 3 aromatic rings. The average Bonchev–Trinajstić information content (AvgIpc) is 2.70. The van der Waals surface area contributed by atoms with Crippen LogP contribution in [0.2, 0.25) is 0 Å². The van der Waals surface area contributed by atoms with Gasteiger partial charge in [0.2, 0.25) is 0 Å². The monoisotopic (exact) mass is 415 g/mol. The van der Waals surface area contributed by atoms with Gasteiger partial charge in [-0.2, -0.15) is 13.2 Å². The van der Waals surface area contributed by atoms with E-state index in [1.807, 2.05) is 0 Å². The Morgan fingerprint density at radius 2 is 1.30 bits per heavy atom. The Balaban J connectivity index is 2.03. The van der Waals surface area contributed by atoms with Crippen LogP contribution in [0.3, 0.4) is 0 Å². The van der Waals surface area contributed by atoms with Crippen molar-refractivity contribution < 1.29 is 37.7 Å². The maximum atomic E-state index is 13.3. The molecule has 0 amide bonds. The third-order valence-corrected chi connectivity index (χ3v) is 4.57. The van der Waals surface area contributed by atoms with E-state index in [0.717, 1.165) is 12.1 Å². The minimum absolute atomic E-state index is 0.0701. The third kappa shape index (κ3) is 3.10. The lowest BCUT2D eigenvalue weighted by Gasteiger charge is -2.34. The van der Waals surface area contributed by atoms with Crippen LogP contribution in [0.25, 0.3) is 0 Å². The van der Waals surface area contributed by atoms with Gasteiger partial charge in [0, 0.05) is 5.69 Å². The Morgan fingerprint density at radius 3 is 1.77 bits per heavy atom. The number of carboxylic acids is 2. The van der Waals surface area contributed by atoms with E-state index < -0.39 is 23.7 Å². The molecule has 0 aromatic heterocycles. The molecule has 1 aliphatic rings. The summed E-state index contributed by atoms with van der Waals surface area (Å²) in [6.07, 6.45) is -4.60. The Morgan fingerprint density at radius 1 is 0.800 bits per heavy atom. The van der Waals surface area contributed by atoms with Gasteiger partial charge in [0.15, 0.2) is 11.5 Å². The highest BCUT2D eigenvalue weighted by atomic mass is 19.4. The van der Waals surface area contributed by atoms with Crippen LogP contribution in [-0.2, 0) is 6.18 Å². The van der Waals surface area contributed by atoms with Gasteiger partial charge in [-0.05, 0) is 42.5 Å². The van der Waals surface area contributed by atoms with E-state index in [-0.39, 0.29) is 39.7 Å². The summed E-state index contributed by atoms with van der Waals surface area (Å²) in [5, 5.41) is 19.0. The molecule has 0 aliphatic carbocycles. The molecule has 0 fully saturated rings. The van der Waals surface area contributed by atoms with Gasteiger partial charge in [-0.15, -0.1) is 0 Å². The topological polar surface area (TPSA) is 87.1 Å². The van der Waals surface area contributed by atoms with Gasteiger partial charge in [0.1, 0.15) is 11.1 Å². The molecule has 0 spiro atoms. The van der Waals surface area contributed by atoms with Gasteiger partial charge < -0.3 is 19.8 Å². The second kappa shape index (κ2) is 6.80. The lowest BCUT2D eigenvalue weighted by atomic mass is 10.0. The van der Waals surface area contributed by atoms with Crippen molar-refractivity contribution in [2.24, 2.45) is 0 Å². The van der Waals surface area contributed by atoms with E-state index in [1.165, 1.54) is 53.4 Å². The van der Waals surface area contributed by atoms with Crippen molar-refractivity contribution in [1.82, 2.24) is 0 Å². The molecular formula is C21H12F3NO5. The number of carbonyl (C=O) groups is 2. The largest absolute Gasteiger partial charge is 0.478 e. The summed E-state index contributed by atoms with van der Waals surface area (Å²) >= 11 is 0. The first-order chi connectivity index (χ1) is 14.2. The van der Waals surface area contributed by atoms with Crippen LogP contribution < -0.4 is 9.64 Å². The minimum atomic E-state index is -4.60. The molecule has 0 radical (unpaired) electrons. The number of nitrogens with zero attached hydrogens (tertiary/aromatic N) is 1. The molecule has 30 heavy (non-hydrogen) atoms. The van der Waals surface area contributed by atoms with E-state index in [2.05, 4.69) is 0 Å². The van der Waals surface area contributed by atoms with Crippen molar-refractivity contribution in [3.05, 3.63) is 77.4 Å². The van der Waals surface area contributed by atoms with Crippen LogP contribution in [0.1, 0.15) is 26.3 Å². The number of rotatable bonds is 3. The molecule has 0 saturated carbocycles. The number of anilines is 3. The zero-order chi connectivity index (χ0) is 21.6. The predicted octanol–water partition coefficient (Wildman–Crippen LogP) is 5.68. The van der Waals surface area contributed by atoms with Crippen LogP contribution in [0.4, 0.5) is 30.2 Å². The number of hydrogen-bond acceptors (Lipinski definition) is 4. The highest BCUT2D eigenvalue weighted by molar-refractivity contribution is 6.01. The molecule has 3 aromatic carbocycles. The molecule has 2 N–H and O–H groups in total. The molecular weight excluding hydrogens is 403 g/mol. The normalized spacial score (nSPS) is 12.6. The number of fused-ring (bicyclic) bond motifs is 2. The van der Waals surface area contributed by atoms with Crippen molar-refractivity contribution in [2.45, 2.75) is 6.18 Å². The van der Waals surface area contributed by atoms with Crippen molar-refractivity contribution in [3.63, 3.8) is 0 Å². The fourth-order valence-electron chi connectivity index (χ4n) is 3.28. The van der Waals surface area contributed by atoms with Crippen LogP contribution >= 0.6 is 0 Å². The highest BCUT2D eigenvalue weighted by Crippen LogP contribution is 2.53. The molecule has 0 atom stereocenters. The number of aromatic carboxylic acids is 2. The van der Waals surface area contributed by atoms with Gasteiger partial charge in [0.25, 0.3) is 0 Å². The number of para-hydroxylation sites is 2. The second-order valence-electron chi connectivity index (χ2n) is 6.40. The first-order valence-corrected chi connectivity index (χ1v) is 8.56. The summed E-state index contributed by atoms with van der Waals surface area (Å²) in [5.41, 5.74) is -1.00. The van der Waals surface area contributed by atoms with E-state index in [9.17, 15) is 33.0 Å². The van der Waals surface area contributed by atoms with E-state index in [0.29, 0.717) is 0 Å². The second-order valence-corrected chi connectivity index (χ2v) is 6.40. The van der Waals surface area contributed by atoms with Crippen LogP contribution in [0.5, 0.6) is 11.5 Å². The number of ether oxygens (including phenoxy) is 1. The molecule has 0 unspecified atom stereocenters. The van der Waals surface area contributed by atoms with E-state index >= 15 is 0 Å². The zero-order valence-electron chi connectivity index (χ0n) is 15.0. The molecule has 6 nitrogen and oxygen atoms in total. The lowest BCUT2D eigenvalue weighted by molar-refractivity contribution is -0.137. The van der Waals surface area contributed by atoms with Gasteiger partial charge in [0.05, 0.1) is 16.9 Å². The molecule has 9 heteroatoms. The van der Waals surface area contributed by atoms with Crippen molar-refractivity contribution in [2.75, 3.05) is 4.90 Å². The summed E-state index contributed by atoms with van der Waals surface area (Å²) in [4.78, 5) is 24.7. The number of halogens is 3. The first-order valence-electron chi connectivity index (χ1n) is 8.56. The lowest BCUT2D eigenvalue weighted by Crippen LogP contribution is -2.20. The molecule has 0 saturated heterocycles. The van der Waals surface area contributed by atoms with E-state index in [1.54, 1.807) is 0 Å². The molecule has 4 rings (SSSR count). The van der Waals surface area contributed by atoms with E-state index in [4.69, 9.17) is 4.74 Å². The van der Waals surface area contributed by atoms with Crippen LogP contribution in [0, 0.1) is 0 Å². The van der Waals surface area contributed by atoms with Crippen LogP contribution in [-0.4, -0.2) is 22.2 Å². The predicted molar refractivity (Wildman–Crippen MR) is 100 cm³/mol. The average molecular weight is 415 g/mol. The number of carboxylic acid groups (broad SMARTS) is 2. The maximum absolute atomic E-state index is 13.3. The third-order valence-electron chi connectivity index (χ3n) is 4.57. The number of benzene rings is 3. The summed E-state index contributed by atoms with van der Waals surface area (Å²) < 4.78 is 45.5. The Hall–Kier alpha value is -4.01. The minimum Gasteiger partial charge on any atom is -0.478 e. The Labute approximate surface area is 167 Å². The van der Waals surface area contributed by atoms with Gasteiger partial charge >= 0.3 is 18.1 Å². The Kier molecular flexibility index (Phi) is 4.38. The summed E-state index contributed by atoms with van der Waals surface area (Å²) in [6, 6.07) is 12.8. The van der Waals surface area contributed by atoms with Gasteiger partial charge in [-0.1, -0.05) is 18.2 Å². The quantitative estimate of drug-likeness (QED) is 0.448. The summed E-state index contributed by atoms with van der Waals surface area (Å²) in [6.45, 7) is 0. The Bertz CT molecular complexity index is 1130. The molecule has 0 bridgehead atoms. The molecule has 1 aliphatic heterocycles. The summed E-state index contributed by atoms with van der Waals surface area (Å²) in [5.74, 6) is -2.98. The standard InChI is InChI=1S/C21H12F3NO5/c22-21(23,24)11-4-1-5-12(10-11)25-15-8-2-6-13(19(26)27)17(15)30-18-14(20(28)29)7-3-9-16(18)25/h1-10H,(H,26,27)(H,28,29).